The Kier molecular flexibility index (Phi) is 9.74. The molecule has 0 saturated carbocycles. The summed E-state index contributed by atoms with van der Waals surface area (Å²) in [6, 6.07) is 0. The number of nitrogens with one attached hydrogen (secondary N) is 1. The number of nitrogens with zero attached hydrogens (tertiary/aromatic N) is 4. The molecule has 1 N–H and O–H groups in total. The lowest BCUT2D eigenvalue weighted by molar-refractivity contribution is 0.255. The highest BCUT2D eigenvalue weighted by Gasteiger charge is 2.26. The topological polar surface area (TPSA) is 68.2 Å². The second kappa shape index (κ2) is 11.0. The first-order valence-corrected chi connectivity index (χ1v) is 11.2. The fourth-order valence-corrected chi connectivity index (χ4v) is 4.80. The number of guanidine groups is 1. The highest BCUT2D eigenvalue weighted by Crippen LogP contribution is 2.17. The third kappa shape index (κ3) is 6.75. The second-order valence-corrected chi connectivity index (χ2v) is 8.55. The molecular weight excluding hydrogens is 338 g/mol. The van der Waals surface area contributed by atoms with Crippen LogP contribution in [-0.4, -0.2) is 93.6 Å². The van der Waals surface area contributed by atoms with Gasteiger partial charge in [0.1, 0.15) is 0 Å². The summed E-state index contributed by atoms with van der Waals surface area (Å²) in [5.74, 6) is 1.57. The molecule has 0 amide bonds. The number of rotatable bonds is 10. The van der Waals surface area contributed by atoms with Gasteiger partial charge in [-0.05, 0) is 25.4 Å². The van der Waals surface area contributed by atoms with Crippen molar-refractivity contribution in [1.29, 1.82) is 0 Å². The van der Waals surface area contributed by atoms with Crippen LogP contribution in [0.15, 0.2) is 4.99 Å². The van der Waals surface area contributed by atoms with Crippen molar-refractivity contribution in [3.63, 3.8) is 0 Å². The monoisotopic (exact) mass is 375 g/mol. The molecule has 25 heavy (non-hydrogen) atoms. The molecule has 0 aromatic heterocycles. The van der Waals surface area contributed by atoms with E-state index in [1.807, 2.05) is 13.8 Å². The molecule has 1 aliphatic rings. The molecule has 0 bridgehead atoms. The molecule has 1 rings (SSSR count). The zero-order valence-electron chi connectivity index (χ0n) is 16.7. The number of sulfonamides is 1. The quantitative estimate of drug-likeness (QED) is 0.454. The molecule has 1 heterocycles. The van der Waals surface area contributed by atoms with Crippen LogP contribution in [0.2, 0.25) is 0 Å². The van der Waals surface area contributed by atoms with Crippen molar-refractivity contribution in [1.82, 2.24) is 19.4 Å². The maximum atomic E-state index is 12.3. The normalized spacial score (nSPS) is 19.2. The molecule has 8 heteroatoms. The third-order valence-electron chi connectivity index (χ3n) is 4.95. The molecule has 0 aromatic carbocycles. The van der Waals surface area contributed by atoms with Gasteiger partial charge in [0.15, 0.2) is 5.96 Å². The molecule has 1 atom stereocenters. The number of hydrogen-bond donors (Lipinski definition) is 1. The van der Waals surface area contributed by atoms with Gasteiger partial charge in [-0.3, -0.25) is 4.99 Å². The van der Waals surface area contributed by atoms with E-state index >= 15 is 0 Å². The Labute approximate surface area is 154 Å². The van der Waals surface area contributed by atoms with Crippen molar-refractivity contribution in [2.45, 2.75) is 34.1 Å². The lowest BCUT2D eigenvalue weighted by Crippen LogP contribution is -2.44. The molecule has 7 nitrogen and oxygen atoms in total. The molecule has 1 fully saturated rings. The standard InChI is InChI=1S/C17H37N5O2S/c1-6-20(7-2)14-16-10-12-21(15-16)17(18-5)19-11-13-25(23,24)22(8-3)9-4/h16H,6-15H2,1-5H3,(H,18,19). The van der Waals surface area contributed by atoms with Crippen molar-refractivity contribution in [2.24, 2.45) is 10.9 Å². The predicted octanol–water partition coefficient (Wildman–Crippen LogP) is 0.897. The van der Waals surface area contributed by atoms with Gasteiger partial charge in [0.05, 0.1) is 5.75 Å². The fourth-order valence-electron chi connectivity index (χ4n) is 3.39. The average Bonchev–Trinajstić information content (AvgIpc) is 3.05. The largest absolute Gasteiger partial charge is 0.355 e. The van der Waals surface area contributed by atoms with Crippen LogP contribution in [0.25, 0.3) is 0 Å². The van der Waals surface area contributed by atoms with E-state index in [4.69, 9.17) is 0 Å². The summed E-state index contributed by atoms with van der Waals surface area (Å²) >= 11 is 0. The van der Waals surface area contributed by atoms with E-state index in [0.717, 1.165) is 45.1 Å². The molecule has 0 aromatic rings. The van der Waals surface area contributed by atoms with Gasteiger partial charge < -0.3 is 15.1 Å². The van der Waals surface area contributed by atoms with E-state index in [9.17, 15) is 8.42 Å². The van der Waals surface area contributed by atoms with Gasteiger partial charge in [0.25, 0.3) is 0 Å². The van der Waals surface area contributed by atoms with Crippen LogP contribution in [0, 0.1) is 5.92 Å². The summed E-state index contributed by atoms with van der Waals surface area (Å²) in [7, 11) is -1.43. The van der Waals surface area contributed by atoms with Gasteiger partial charge in [0, 0.05) is 46.3 Å². The zero-order chi connectivity index (χ0) is 18.9. The van der Waals surface area contributed by atoms with E-state index < -0.39 is 10.0 Å². The fraction of sp³-hybridized carbons (Fsp3) is 0.941. The molecule has 0 radical (unpaired) electrons. The second-order valence-electron chi connectivity index (χ2n) is 6.46. The molecule has 0 aliphatic carbocycles. The number of likely N-dealkylation sites (tertiary alicyclic amines) is 1. The first-order chi connectivity index (χ1) is 11.9. The minimum absolute atomic E-state index is 0.102. The minimum Gasteiger partial charge on any atom is -0.355 e. The summed E-state index contributed by atoms with van der Waals surface area (Å²) in [5.41, 5.74) is 0. The van der Waals surface area contributed by atoms with Crippen LogP contribution < -0.4 is 5.32 Å². The minimum atomic E-state index is -3.19. The van der Waals surface area contributed by atoms with Gasteiger partial charge in [0.2, 0.25) is 10.0 Å². The van der Waals surface area contributed by atoms with Crippen LogP contribution in [0.5, 0.6) is 0 Å². The summed E-state index contributed by atoms with van der Waals surface area (Å²) in [5, 5.41) is 3.23. The highest BCUT2D eigenvalue weighted by atomic mass is 32.2. The molecule has 148 valence electrons. The maximum absolute atomic E-state index is 12.3. The van der Waals surface area contributed by atoms with Crippen LogP contribution in [0.4, 0.5) is 0 Å². The summed E-state index contributed by atoms with van der Waals surface area (Å²) < 4.78 is 26.0. The maximum Gasteiger partial charge on any atom is 0.215 e. The average molecular weight is 376 g/mol. The third-order valence-corrected chi connectivity index (χ3v) is 6.97. The summed E-state index contributed by atoms with van der Waals surface area (Å²) in [6.45, 7) is 14.8. The van der Waals surface area contributed by atoms with E-state index in [1.54, 1.807) is 7.05 Å². The Bertz CT molecular complexity index is 501. The van der Waals surface area contributed by atoms with Gasteiger partial charge in [-0.2, -0.15) is 0 Å². The Hall–Kier alpha value is -0.860. The molecule has 1 saturated heterocycles. The van der Waals surface area contributed by atoms with E-state index in [1.165, 1.54) is 4.31 Å². The highest BCUT2D eigenvalue weighted by molar-refractivity contribution is 7.89. The van der Waals surface area contributed by atoms with Crippen LogP contribution in [-0.2, 0) is 10.0 Å². The van der Waals surface area contributed by atoms with E-state index in [-0.39, 0.29) is 5.75 Å². The predicted molar refractivity (Wildman–Crippen MR) is 106 cm³/mol. The van der Waals surface area contributed by atoms with Crippen molar-refractivity contribution in [3.05, 3.63) is 0 Å². The van der Waals surface area contributed by atoms with Crippen LogP contribution >= 0.6 is 0 Å². The first-order valence-electron chi connectivity index (χ1n) is 9.57. The smallest absolute Gasteiger partial charge is 0.215 e. The zero-order valence-corrected chi connectivity index (χ0v) is 17.5. The lowest BCUT2D eigenvalue weighted by atomic mass is 10.1. The molecule has 1 aliphatic heterocycles. The Morgan fingerprint density at radius 3 is 2.32 bits per heavy atom. The van der Waals surface area contributed by atoms with Gasteiger partial charge >= 0.3 is 0 Å². The summed E-state index contributed by atoms with van der Waals surface area (Å²) in [6.07, 6.45) is 1.16. The van der Waals surface area contributed by atoms with E-state index in [0.29, 0.717) is 25.6 Å². The van der Waals surface area contributed by atoms with Crippen molar-refractivity contribution in [2.75, 3.05) is 65.2 Å². The van der Waals surface area contributed by atoms with Gasteiger partial charge in [-0.25, -0.2) is 12.7 Å². The molecule has 1 unspecified atom stereocenters. The number of aliphatic imine (C=N–C) groups is 1. The number of hydrogen-bond acceptors (Lipinski definition) is 4. The Morgan fingerprint density at radius 1 is 1.16 bits per heavy atom. The van der Waals surface area contributed by atoms with Crippen LogP contribution in [0.1, 0.15) is 34.1 Å². The SMILES string of the molecule is CCN(CC)CC1CCN(C(=NC)NCCS(=O)(=O)N(CC)CC)C1. The lowest BCUT2D eigenvalue weighted by Gasteiger charge is -2.25. The van der Waals surface area contributed by atoms with E-state index in [2.05, 4.69) is 34.0 Å². The summed E-state index contributed by atoms with van der Waals surface area (Å²) in [4.78, 5) is 9.05. The van der Waals surface area contributed by atoms with Crippen molar-refractivity contribution >= 4 is 16.0 Å². The molecular formula is C17H37N5O2S. The van der Waals surface area contributed by atoms with Crippen molar-refractivity contribution < 1.29 is 8.42 Å². The molecule has 0 spiro atoms. The Morgan fingerprint density at radius 2 is 1.80 bits per heavy atom. The van der Waals surface area contributed by atoms with Gasteiger partial charge in [-0.1, -0.05) is 27.7 Å². The van der Waals surface area contributed by atoms with Crippen LogP contribution in [0.3, 0.4) is 0 Å². The van der Waals surface area contributed by atoms with Gasteiger partial charge in [-0.15, -0.1) is 0 Å². The van der Waals surface area contributed by atoms with Crippen molar-refractivity contribution in [3.8, 4) is 0 Å². The Balaban J connectivity index is 2.48. The first kappa shape index (κ1) is 22.2.